The number of hydrogen-bond donors (Lipinski definition) is 1. The van der Waals surface area contributed by atoms with Gasteiger partial charge in [-0.1, -0.05) is 17.7 Å². The monoisotopic (exact) mass is 476 g/mol. The first-order chi connectivity index (χ1) is 14.8. The molecule has 0 saturated heterocycles. The molecular formula is C20H17ClN4O4S2. The number of ether oxygens (including phenoxy) is 1. The maximum absolute atomic E-state index is 12.4. The molecule has 5 rings (SSSR count). The summed E-state index contributed by atoms with van der Waals surface area (Å²) in [4.78, 5) is 23.1. The first-order valence-electron chi connectivity index (χ1n) is 9.46. The number of thiophene rings is 1. The average Bonchev–Trinajstić information content (AvgIpc) is 3.40. The van der Waals surface area contributed by atoms with Crippen molar-refractivity contribution in [1.82, 2.24) is 9.97 Å². The van der Waals surface area contributed by atoms with E-state index >= 15 is 0 Å². The fraction of sp³-hybridized carbons (Fsp3) is 0.250. The van der Waals surface area contributed by atoms with E-state index in [0.717, 1.165) is 22.5 Å². The Kier molecular flexibility index (Phi) is 4.87. The molecule has 11 heteroatoms. The van der Waals surface area contributed by atoms with Crippen LogP contribution < -0.4 is 15.4 Å². The van der Waals surface area contributed by atoms with Crippen LogP contribution in [-0.4, -0.2) is 37.4 Å². The number of primary amides is 1. The summed E-state index contributed by atoms with van der Waals surface area (Å²) < 4.78 is 30.8. The molecule has 1 aromatic carbocycles. The molecule has 0 bridgehead atoms. The molecule has 2 aromatic heterocycles. The van der Waals surface area contributed by atoms with Crippen molar-refractivity contribution in [3.8, 4) is 16.5 Å². The fourth-order valence-electron chi connectivity index (χ4n) is 3.85. The van der Waals surface area contributed by atoms with E-state index in [1.54, 1.807) is 12.1 Å². The summed E-state index contributed by atoms with van der Waals surface area (Å²) in [6.07, 6.45) is 0.775. The number of hydrogen-bond acceptors (Lipinski definition) is 8. The van der Waals surface area contributed by atoms with Crippen molar-refractivity contribution < 1.29 is 17.9 Å². The Morgan fingerprint density at radius 3 is 2.81 bits per heavy atom. The van der Waals surface area contributed by atoms with Crippen molar-refractivity contribution in [2.24, 2.45) is 5.73 Å². The molecule has 0 radical (unpaired) electrons. The first-order valence-corrected chi connectivity index (χ1v) is 12.5. The molecule has 31 heavy (non-hydrogen) atoms. The summed E-state index contributed by atoms with van der Waals surface area (Å²) in [6.45, 7) is 0.423. The maximum atomic E-state index is 12.4. The summed E-state index contributed by atoms with van der Waals surface area (Å²) in [7, 11) is -3.28. The Bertz CT molecular complexity index is 1320. The summed E-state index contributed by atoms with van der Waals surface area (Å²) in [5.41, 5.74) is 8.28. The lowest BCUT2D eigenvalue weighted by Crippen LogP contribution is -2.20. The number of carbonyl (C=O) groups excluding carboxylic acids is 1. The van der Waals surface area contributed by atoms with E-state index in [1.165, 1.54) is 11.3 Å². The van der Waals surface area contributed by atoms with Gasteiger partial charge in [0.1, 0.15) is 11.6 Å². The third kappa shape index (κ3) is 3.86. The highest BCUT2D eigenvalue weighted by Gasteiger charge is 2.34. The molecule has 3 aromatic rings. The number of nitrogens with zero attached hydrogens (tertiary/aromatic N) is 3. The van der Waals surface area contributed by atoms with Gasteiger partial charge in [0.15, 0.2) is 22.3 Å². The van der Waals surface area contributed by atoms with Crippen LogP contribution in [0.5, 0.6) is 5.75 Å². The van der Waals surface area contributed by atoms with Gasteiger partial charge in [0.05, 0.1) is 26.4 Å². The Labute approximate surface area is 187 Å². The van der Waals surface area contributed by atoms with E-state index in [0.29, 0.717) is 39.5 Å². The summed E-state index contributed by atoms with van der Waals surface area (Å²) in [6, 6.07) is 9.14. The van der Waals surface area contributed by atoms with Crippen molar-refractivity contribution >= 4 is 50.2 Å². The number of halogens is 1. The predicted molar refractivity (Wildman–Crippen MR) is 119 cm³/mol. The van der Waals surface area contributed by atoms with E-state index in [1.807, 2.05) is 23.1 Å². The number of rotatable bonds is 5. The van der Waals surface area contributed by atoms with Gasteiger partial charge in [-0.15, -0.1) is 11.3 Å². The largest absolute Gasteiger partial charge is 0.484 e. The van der Waals surface area contributed by atoms with Crippen LogP contribution in [0.2, 0.25) is 4.34 Å². The zero-order valence-corrected chi connectivity index (χ0v) is 18.6. The molecular weight excluding hydrogens is 460 g/mol. The third-order valence-corrected chi connectivity index (χ3v) is 7.84. The van der Waals surface area contributed by atoms with E-state index in [2.05, 4.69) is 4.98 Å². The van der Waals surface area contributed by atoms with Gasteiger partial charge in [-0.05, 0) is 30.2 Å². The molecule has 160 valence electrons. The van der Waals surface area contributed by atoms with Crippen LogP contribution in [0.1, 0.15) is 16.8 Å². The highest BCUT2D eigenvalue weighted by Crippen LogP contribution is 2.42. The van der Waals surface area contributed by atoms with E-state index in [9.17, 15) is 13.2 Å². The Hall–Kier alpha value is -2.69. The molecule has 1 amide bonds. The summed E-state index contributed by atoms with van der Waals surface area (Å²) in [5.74, 6) is 0.788. The molecule has 2 aliphatic heterocycles. The normalized spacial score (nSPS) is 16.2. The van der Waals surface area contributed by atoms with Gasteiger partial charge in [0, 0.05) is 23.9 Å². The van der Waals surface area contributed by atoms with Crippen molar-refractivity contribution in [3.05, 3.63) is 51.5 Å². The van der Waals surface area contributed by atoms with Crippen LogP contribution >= 0.6 is 22.9 Å². The first kappa shape index (κ1) is 20.2. The molecule has 8 nitrogen and oxygen atoms in total. The van der Waals surface area contributed by atoms with E-state index in [4.69, 9.17) is 27.1 Å². The third-order valence-electron chi connectivity index (χ3n) is 5.17. The topological polar surface area (TPSA) is 115 Å². The fourth-order valence-corrected chi connectivity index (χ4v) is 6.33. The summed E-state index contributed by atoms with van der Waals surface area (Å²) >= 11 is 7.43. The van der Waals surface area contributed by atoms with Crippen molar-refractivity contribution in [1.29, 1.82) is 0 Å². The van der Waals surface area contributed by atoms with Crippen LogP contribution in [0.4, 0.5) is 11.5 Å². The smallest absolute Gasteiger partial charge is 0.255 e. The lowest BCUT2D eigenvalue weighted by molar-refractivity contribution is -0.119. The zero-order valence-electron chi connectivity index (χ0n) is 16.2. The van der Waals surface area contributed by atoms with Crippen molar-refractivity contribution in [3.63, 3.8) is 0 Å². The second-order valence-electron chi connectivity index (χ2n) is 7.38. The molecule has 4 heterocycles. The number of sulfone groups is 1. The number of fused-ring (bicyclic) bond motifs is 2. The number of anilines is 2. The molecule has 2 N–H and O–H groups in total. The molecule has 2 aliphatic rings. The van der Waals surface area contributed by atoms with Gasteiger partial charge in [-0.3, -0.25) is 4.79 Å². The number of amides is 1. The minimum absolute atomic E-state index is 0.0904. The Morgan fingerprint density at radius 2 is 2.06 bits per heavy atom. The zero-order chi connectivity index (χ0) is 21.8. The SMILES string of the molecule is NC(=O)COc1ccc2c(c1)N(c1nc(-c3ccc(Cl)s3)nc3c1CS(=O)(=O)C3)CC2. The van der Waals surface area contributed by atoms with E-state index < -0.39 is 15.7 Å². The van der Waals surface area contributed by atoms with Gasteiger partial charge < -0.3 is 15.4 Å². The average molecular weight is 477 g/mol. The Balaban J connectivity index is 1.61. The van der Waals surface area contributed by atoms with Crippen LogP contribution in [-0.2, 0) is 32.6 Å². The minimum Gasteiger partial charge on any atom is -0.484 e. The van der Waals surface area contributed by atoms with Gasteiger partial charge in [0.25, 0.3) is 5.91 Å². The second kappa shape index (κ2) is 7.47. The van der Waals surface area contributed by atoms with E-state index in [-0.39, 0.29) is 18.1 Å². The van der Waals surface area contributed by atoms with Crippen LogP contribution in [0.15, 0.2) is 30.3 Å². The van der Waals surface area contributed by atoms with Gasteiger partial charge >= 0.3 is 0 Å². The molecule has 0 unspecified atom stereocenters. The molecule has 0 saturated carbocycles. The molecule has 0 spiro atoms. The quantitative estimate of drug-likeness (QED) is 0.601. The van der Waals surface area contributed by atoms with Crippen molar-refractivity contribution in [2.75, 3.05) is 18.1 Å². The Morgan fingerprint density at radius 1 is 1.23 bits per heavy atom. The molecule has 0 aliphatic carbocycles. The highest BCUT2D eigenvalue weighted by atomic mass is 35.5. The summed E-state index contributed by atoms with van der Waals surface area (Å²) in [5, 5.41) is 0. The number of nitrogens with two attached hydrogens (primary N) is 1. The molecule has 0 atom stereocenters. The van der Waals surface area contributed by atoms with Crippen LogP contribution in [0.25, 0.3) is 10.7 Å². The standard InChI is InChI=1S/C20H17ClN4O4S2/c21-17-4-3-16(30-17)19-23-14-10-31(27,28)9-13(14)20(24-19)25-6-5-11-1-2-12(7-15(11)25)29-8-18(22)26/h1-4,7H,5-6,8-10H2,(H2,22,26). The van der Waals surface area contributed by atoms with Gasteiger partial charge in [0.2, 0.25) is 0 Å². The molecule has 0 fully saturated rings. The highest BCUT2D eigenvalue weighted by molar-refractivity contribution is 7.90. The van der Waals surface area contributed by atoms with Crippen LogP contribution in [0, 0.1) is 0 Å². The second-order valence-corrected chi connectivity index (χ2v) is 11.2. The maximum Gasteiger partial charge on any atom is 0.255 e. The number of carbonyl (C=O) groups is 1. The van der Waals surface area contributed by atoms with Crippen molar-refractivity contribution in [2.45, 2.75) is 17.9 Å². The van der Waals surface area contributed by atoms with Crippen LogP contribution in [0.3, 0.4) is 0 Å². The number of aromatic nitrogens is 2. The lowest BCUT2D eigenvalue weighted by Gasteiger charge is -2.22. The predicted octanol–water partition coefficient (Wildman–Crippen LogP) is 2.85. The van der Waals surface area contributed by atoms with Gasteiger partial charge in [-0.2, -0.15) is 0 Å². The van der Waals surface area contributed by atoms with Gasteiger partial charge in [-0.25, -0.2) is 18.4 Å². The minimum atomic E-state index is -3.28. The number of benzene rings is 1. The lowest BCUT2D eigenvalue weighted by atomic mass is 10.1.